The lowest BCUT2D eigenvalue weighted by Crippen LogP contribution is -2.15. The van der Waals surface area contributed by atoms with Gasteiger partial charge in [0.2, 0.25) is 0 Å². The number of benzene rings is 1. The van der Waals surface area contributed by atoms with Crippen molar-refractivity contribution < 1.29 is 9.84 Å². The molecule has 4 aromatic rings. The highest BCUT2D eigenvalue weighted by atomic mass is 32.1. The van der Waals surface area contributed by atoms with Crippen LogP contribution in [0.5, 0.6) is 5.19 Å². The van der Waals surface area contributed by atoms with E-state index in [9.17, 15) is 5.11 Å². The third-order valence-corrected chi connectivity index (χ3v) is 5.17. The maximum atomic E-state index is 10.2. The normalized spacial score (nSPS) is 11.8. The number of thiazole rings is 1. The number of rotatable bonds is 4. The van der Waals surface area contributed by atoms with E-state index in [0.29, 0.717) is 5.19 Å². The Morgan fingerprint density at radius 1 is 1.12 bits per heavy atom. The first kappa shape index (κ1) is 16.7. The fraction of sp³-hybridized carbons (Fsp3) is 0.211. The molecule has 0 saturated carbocycles. The third kappa shape index (κ3) is 2.95. The maximum Gasteiger partial charge on any atom is 0.273 e. The summed E-state index contributed by atoms with van der Waals surface area (Å²) in [5.41, 5.74) is 3.29. The van der Waals surface area contributed by atoms with Crippen molar-refractivity contribution in [2.24, 2.45) is 0 Å². The lowest BCUT2D eigenvalue weighted by atomic mass is 10.0. The smallest absolute Gasteiger partial charge is 0.273 e. The molecular formula is C19H18N4O2S. The van der Waals surface area contributed by atoms with Crippen LogP contribution in [-0.4, -0.2) is 31.7 Å². The largest absolute Gasteiger partial charge is 0.473 e. The maximum absolute atomic E-state index is 10.2. The van der Waals surface area contributed by atoms with Crippen LogP contribution in [0.4, 0.5) is 0 Å². The van der Waals surface area contributed by atoms with Crippen molar-refractivity contribution in [3.8, 4) is 21.3 Å². The van der Waals surface area contributed by atoms with E-state index in [-0.39, 0.29) is 0 Å². The molecule has 1 aromatic carbocycles. The standard InChI is InChI=1S/C19H18N4O2S/c1-19(2,24)13-8-15-17(20-9-13)23(11-22-15)14-6-4-5-12(7-14)16-10-21-18(25-3)26-16/h4-11,24H,1-3H3. The van der Waals surface area contributed by atoms with Gasteiger partial charge in [-0.2, -0.15) is 0 Å². The van der Waals surface area contributed by atoms with Crippen LogP contribution >= 0.6 is 11.3 Å². The summed E-state index contributed by atoms with van der Waals surface area (Å²) in [5, 5.41) is 10.8. The van der Waals surface area contributed by atoms with Crippen molar-refractivity contribution in [3.05, 3.63) is 54.6 Å². The summed E-state index contributed by atoms with van der Waals surface area (Å²) >= 11 is 1.50. The molecule has 0 atom stereocenters. The first-order valence-corrected chi connectivity index (χ1v) is 8.94. The average Bonchev–Trinajstić information content (AvgIpc) is 3.27. The molecule has 26 heavy (non-hydrogen) atoms. The molecule has 0 unspecified atom stereocenters. The van der Waals surface area contributed by atoms with Gasteiger partial charge in [0, 0.05) is 23.6 Å². The number of ether oxygens (including phenoxy) is 1. The van der Waals surface area contributed by atoms with Gasteiger partial charge in [-0.15, -0.1) is 0 Å². The number of aromatic nitrogens is 4. The van der Waals surface area contributed by atoms with Crippen LogP contribution in [0.2, 0.25) is 0 Å². The molecule has 0 radical (unpaired) electrons. The van der Waals surface area contributed by atoms with Gasteiger partial charge in [-0.05, 0) is 37.6 Å². The second-order valence-corrected chi connectivity index (χ2v) is 7.48. The Morgan fingerprint density at radius 3 is 2.69 bits per heavy atom. The van der Waals surface area contributed by atoms with Crippen LogP contribution < -0.4 is 4.74 Å². The van der Waals surface area contributed by atoms with Gasteiger partial charge >= 0.3 is 0 Å². The SMILES string of the molecule is COc1ncc(-c2cccc(-n3cnc4cc(C(C)(C)O)cnc43)c2)s1. The molecule has 0 aliphatic carbocycles. The van der Waals surface area contributed by atoms with Gasteiger partial charge in [0.1, 0.15) is 11.8 Å². The van der Waals surface area contributed by atoms with Crippen LogP contribution in [0.25, 0.3) is 27.3 Å². The molecule has 0 bridgehead atoms. The Morgan fingerprint density at radius 2 is 1.96 bits per heavy atom. The summed E-state index contributed by atoms with van der Waals surface area (Å²) in [6, 6.07) is 9.98. The molecule has 3 heterocycles. The fourth-order valence-corrected chi connectivity index (χ4v) is 3.45. The Kier molecular flexibility index (Phi) is 3.97. The van der Waals surface area contributed by atoms with Crippen molar-refractivity contribution in [2.45, 2.75) is 19.4 Å². The zero-order chi connectivity index (χ0) is 18.3. The highest BCUT2D eigenvalue weighted by molar-refractivity contribution is 7.16. The lowest BCUT2D eigenvalue weighted by molar-refractivity contribution is 0.0784. The van der Waals surface area contributed by atoms with Gasteiger partial charge in [-0.3, -0.25) is 4.57 Å². The van der Waals surface area contributed by atoms with E-state index in [0.717, 1.165) is 32.9 Å². The molecule has 0 spiro atoms. The number of methoxy groups -OCH3 is 1. The van der Waals surface area contributed by atoms with Crippen LogP contribution in [0, 0.1) is 0 Å². The minimum atomic E-state index is -0.948. The molecule has 7 heteroatoms. The highest BCUT2D eigenvalue weighted by Crippen LogP contribution is 2.31. The Balaban J connectivity index is 1.77. The summed E-state index contributed by atoms with van der Waals surface area (Å²) in [6.07, 6.45) is 5.25. The van der Waals surface area contributed by atoms with E-state index in [1.807, 2.05) is 35.0 Å². The van der Waals surface area contributed by atoms with Gasteiger partial charge in [0.15, 0.2) is 5.65 Å². The van der Waals surface area contributed by atoms with Crippen molar-refractivity contribution in [1.29, 1.82) is 0 Å². The van der Waals surface area contributed by atoms with E-state index < -0.39 is 5.60 Å². The Labute approximate surface area is 154 Å². The van der Waals surface area contributed by atoms with Crippen molar-refractivity contribution in [1.82, 2.24) is 19.5 Å². The zero-order valence-corrected chi connectivity index (χ0v) is 15.5. The first-order valence-electron chi connectivity index (χ1n) is 8.12. The number of nitrogens with zero attached hydrogens (tertiary/aromatic N) is 4. The van der Waals surface area contributed by atoms with E-state index in [4.69, 9.17) is 4.74 Å². The summed E-state index contributed by atoms with van der Waals surface area (Å²) in [5.74, 6) is 0. The topological polar surface area (TPSA) is 73.1 Å². The van der Waals surface area contributed by atoms with Crippen molar-refractivity contribution in [3.63, 3.8) is 0 Å². The third-order valence-electron chi connectivity index (χ3n) is 4.16. The van der Waals surface area contributed by atoms with E-state index >= 15 is 0 Å². The molecule has 132 valence electrons. The molecule has 0 amide bonds. The average molecular weight is 366 g/mol. The number of hydrogen-bond acceptors (Lipinski definition) is 6. The lowest BCUT2D eigenvalue weighted by Gasteiger charge is -2.16. The number of fused-ring (bicyclic) bond motifs is 1. The van der Waals surface area contributed by atoms with Gasteiger partial charge in [-0.25, -0.2) is 15.0 Å². The van der Waals surface area contributed by atoms with Crippen LogP contribution in [0.3, 0.4) is 0 Å². The van der Waals surface area contributed by atoms with Crippen molar-refractivity contribution in [2.75, 3.05) is 7.11 Å². The molecule has 0 fully saturated rings. The summed E-state index contributed by atoms with van der Waals surface area (Å²) in [6.45, 7) is 3.47. The van der Waals surface area contributed by atoms with Gasteiger partial charge in [-0.1, -0.05) is 23.5 Å². The quantitative estimate of drug-likeness (QED) is 0.595. The molecule has 0 aliphatic heterocycles. The zero-order valence-electron chi connectivity index (χ0n) is 14.7. The highest BCUT2D eigenvalue weighted by Gasteiger charge is 2.18. The number of hydrogen-bond donors (Lipinski definition) is 1. The van der Waals surface area contributed by atoms with E-state index in [1.54, 1.807) is 33.5 Å². The molecule has 0 aliphatic rings. The molecule has 1 N–H and O–H groups in total. The van der Waals surface area contributed by atoms with Gasteiger partial charge in [0.25, 0.3) is 5.19 Å². The Bertz CT molecular complexity index is 1080. The van der Waals surface area contributed by atoms with Crippen LogP contribution in [-0.2, 0) is 5.60 Å². The minimum Gasteiger partial charge on any atom is -0.473 e. The predicted molar refractivity (Wildman–Crippen MR) is 102 cm³/mol. The number of imidazole rings is 1. The van der Waals surface area contributed by atoms with Gasteiger partial charge in [0.05, 0.1) is 17.6 Å². The second-order valence-electron chi connectivity index (χ2n) is 6.49. The first-order chi connectivity index (χ1) is 12.5. The summed E-state index contributed by atoms with van der Waals surface area (Å²) in [4.78, 5) is 14.2. The van der Waals surface area contributed by atoms with Crippen LogP contribution in [0.15, 0.2) is 49.1 Å². The van der Waals surface area contributed by atoms with Gasteiger partial charge < -0.3 is 9.84 Å². The molecule has 4 rings (SSSR count). The predicted octanol–water partition coefficient (Wildman–Crippen LogP) is 3.78. The molecule has 6 nitrogen and oxygen atoms in total. The monoisotopic (exact) mass is 366 g/mol. The van der Waals surface area contributed by atoms with E-state index in [2.05, 4.69) is 21.0 Å². The summed E-state index contributed by atoms with van der Waals surface area (Å²) < 4.78 is 7.11. The second kappa shape index (κ2) is 6.19. The van der Waals surface area contributed by atoms with E-state index in [1.165, 1.54) is 11.3 Å². The molecule has 0 saturated heterocycles. The van der Waals surface area contributed by atoms with Crippen LogP contribution in [0.1, 0.15) is 19.4 Å². The Hall–Kier alpha value is -2.77. The molecular weight excluding hydrogens is 348 g/mol. The number of pyridine rings is 1. The fourth-order valence-electron chi connectivity index (χ4n) is 2.72. The minimum absolute atomic E-state index is 0.638. The molecule has 3 aromatic heterocycles. The number of aliphatic hydroxyl groups is 1. The van der Waals surface area contributed by atoms with Crippen molar-refractivity contribution >= 4 is 22.5 Å². The summed E-state index contributed by atoms with van der Waals surface area (Å²) in [7, 11) is 1.62.